The minimum absolute atomic E-state index is 0.0427. The molecule has 2 saturated heterocycles. The van der Waals surface area contributed by atoms with Gasteiger partial charge in [0.2, 0.25) is 11.8 Å². The average Bonchev–Trinajstić information content (AvgIpc) is 3.48. The first kappa shape index (κ1) is 23.2. The topological polar surface area (TPSA) is 80.1 Å². The van der Waals surface area contributed by atoms with E-state index in [9.17, 15) is 9.59 Å². The lowest BCUT2D eigenvalue weighted by atomic mass is 9.99. The van der Waals surface area contributed by atoms with E-state index in [2.05, 4.69) is 28.8 Å². The fourth-order valence-corrected chi connectivity index (χ4v) is 7.47. The van der Waals surface area contributed by atoms with Gasteiger partial charge in [0.1, 0.15) is 12.1 Å². The van der Waals surface area contributed by atoms with Gasteiger partial charge >= 0.3 is 0 Å². The molecule has 172 valence electrons. The van der Waals surface area contributed by atoms with Gasteiger partial charge in [-0.2, -0.15) is 0 Å². The minimum atomic E-state index is -0.0427. The first-order chi connectivity index (χ1) is 15.6. The lowest BCUT2D eigenvalue weighted by Gasteiger charge is -2.38. The number of carbonyl (C=O) groups is 2. The van der Waals surface area contributed by atoms with E-state index >= 15 is 0 Å². The maximum Gasteiger partial charge on any atom is 0.246 e. The molecule has 0 aliphatic carbocycles. The summed E-state index contributed by atoms with van der Waals surface area (Å²) in [5.74, 6) is 2.00. The Hall–Kier alpha value is -2.00. The normalized spacial score (nSPS) is 23.4. The Balaban J connectivity index is 1.38. The quantitative estimate of drug-likeness (QED) is 0.336. The van der Waals surface area contributed by atoms with Crippen LogP contribution in [0.5, 0.6) is 0 Å². The van der Waals surface area contributed by atoms with Crippen molar-refractivity contribution >= 4 is 50.3 Å². The van der Waals surface area contributed by atoms with E-state index < -0.39 is 0 Å². The molecule has 9 heteroatoms. The van der Waals surface area contributed by atoms with E-state index in [1.54, 1.807) is 10.8 Å². The van der Waals surface area contributed by atoms with E-state index in [0.29, 0.717) is 24.4 Å². The van der Waals surface area contributed by atoms with E-state index in [1.807, 2.05) is 32.6 Å². The highest BCUT2D eigenvalue weighted by atomic mass is 33.1. The van der Waals surface area contributed by atoms with Crippen LogP contribution in [0.25, 0.3) is 11.0 Å². The molecule has 4 rings (SSSR count). The highest BCUT2D eigenvalue weighted by Gasteiger charge is 2.28. The highest BCUT2D eigenvalue weighted by molar-refractivity contribution is 8.77. The summed E-state index contributed by atoms with van der Waals surface area (Å²) >= 11 is 0. The molecule has 0 spiro atoms. The van der Waals surface area contributed by atoms with E-state index in [-0.39, 0.29) is 23.9 Å². The molecule has 2 aliphatic heterocycles. The first-order valence-corrected chi connectivity index (χ1v) is 13.8. The molecule has 1 unspecified atom stereocenters. The van der Waals surface area contributed by atoms with Crippen molar-refractivity contribution in [3.63, 3.8) is 0 Å². The predicted octanol–water partition coefficient (Wildman–Crippen LogP) is 4.76. The van der Waals surface area contributed by atoms with Crippen molar-refractivity contribution in [2.75, 3.05) is 17.6 Å². The second-order valence-electron chi connectivity index (χ2n) is 8.58. The standard InChI is InChI=1S/C23H31N5O2S2/c1-3-20(29)28-14-17(9-8-16(28)2)26-22-19-10-12-27(23(19)25-15-24-22)21(30)7-5-4-6-18-11-13-31-32-18/h3,10,12,15-18H,1,4-9,11,13-14H2,2H3,(H,24,25,26)/t16-,17+,18?/m0/s1. The summed E-state index contributed by atoms with van der Waals surface area (Å²) in [4.78, 5) is 35.6. The number of aromatic nitrogens is 3. The summed E-state index contributed by atoms with van der Waals surface area (Å²) in [6.07, 6.45) is 11.5. The number of rotatable bonds is 8. The Morgan fingerprint density at radius 1 is 1.28 bits per heavy atom. The van der Waals surface area contributed by atoms with Crippen LogP contribution in [0.15, 0.2) is 31.2 Å². The molecule has 7 nitrogen and oxygen atoms in total. The van der Waals surface area contributed by atoms with Crippen LogP contribution in [0.4, 0.5) is 5.82 Å². The Bertz CT molecular complexity index is 972. The molecule has 32 heavy (non-hydrogen) atoms. The number of likely N-dealkylation sites (tertiary alicyclic amines) is 1. The van der Waals surface area contributed by atoms with Crippen molar-refractivity contribution in [1.82, 2.24) is 19.4 Å². The average molecular weight is 474 g/mol. The van der Waals surface area contributed by atoms with Crippen molar-refractivity contribution in [3.05, 3.63) is 31.2 Å². The summed E-state index contributed by atoms with van der Waals surface area (Å²) in [5.41, 5.74) is 0.637. The van der Waals surface area contributed by atoms with Gasteiger partial charge < -0.3 is 10.2 Å². The van der Waals surface area contributed by atoms with Gasteiger partial charge in [-0.15, -0.1) is 0 Å². The number of nitrogens with one attached hydrogen (secondary N) is 1. The smallest absolute Gasteiger partial charge is 0.246 e. The van der Waals surface area contributed by atoms with Crippen molar-refractivity contribution in [1.29, 1.82) is 0 Å². The second-order valence-corrected chi connectivity index (χ2v) is 11.4. The Kier molecular flexibility index (Phi) is 7.78. The van der Waals surface area contributed by atoms with E-state index in [0.717, 1.165) is 36.3 Å². The van der Waals surface area contributed by atoms with E-state index in [4.69, 9.17) is 0 Å². The zero-order valence-electron chi connectivity index (χ0n) is 18.5. The van der Waals surface area contributed by atoms with Gasteiger partial charge in [0.25, 0.3) is 0 Å². The number of hydrogen-bond donors (Lipinski definition) is 1. The van der Waals surface area contributed by atoms with Crippen LogP contribution in [-0.4, -0.2) is 60.9 Å². The van der Waals surface area contributed by atoms with Gasteiger partial charge in [0, 0.05) is 42.2 Å². The number of anilines is 1. The number of nitrogens with zero attached hydrogens (tertiary/aromatic N) is 4. The maximum atomic E-state index is 12.8. The third-order valence-electron chi connectivity index (χ3n) is 6.32. The maximum absolute atomic E-state index is 12.8. The van der Waals surface area contributed by atoms with E-state index in [1.165, 1.54) is 31.0 Å². The fraction of sp³-hybridized carbons (Fsp3) is 0.565. The van der Waals surface area contributed by atoms with Gasteiger partial charge in [0.05, 0.1) is 5.39 Å². The summed E-state index contributed by atoms with van der Waals surface area (Å²) in [6.45, 7) is 6.29. The van der Waals surface area contributed by atoms with Crippen molar-refractivity contribution < 1.29 is 9.59 Å². The van der Waals surface area contributed by atoms with Gasteiger partial charge in [0.15, 0.2) is 5.65 Å². The zero-order chi connectivity index (χ0) is 22.5. The number of carbonyl (C=O) groups excluding carboxylic acids is 2. The van der Waals surface area contributed by atoms with Crippen molar-refractivity contribution in [3.8, 4) is 0 Å². The van der Waals surface area contributed by atoms with Crippen molar-refractivity contribution in [2.45, 2.75) is 69.2 Å². The van der Waals surface area contributed by atoms with Gasteiger partial charge in [-0.05, 0) is 51.2 Å². The number of unbranched alkanes of at least 4 members (excludes halogenated alkanes) is 1. The monoisotopic (exact) mass is 473 g/mol. The molecule has 2 aliphatic rings. The molecule has 0 bridgehead atoms. The highest BCUT2D eigenvalue weighted by Crippen LogP contribution is 2.40. The van der Waals surface area contributed by atoms with Crippen LogP contribution in [0.2, 0.25) is 0 Å². The Morgan fingerprint density at radius 3 is 2.94 bits per heavy atom. The summed E-state index contributed by atoms with van der Waals surface area (Å²) in [5, 5.41) is 5.07. The number of piperidine rings is 1. The Labute approximate surface area is 197 Å². The Morgan fingerprint density at radius 2 is 2.16 bits per heavy atom. The third kappa shape index (κ3) is 5.31. The lowest BCUT2D eigenvalue weighted by molar-refractivity contribution is -0.129. The largest absolute Gasteiger partial charge is 0.365 e. The predicted molar refractivity (Wildman–Crippen MR) is 133 cm³/mol. The number of amides is 1. The minimum Gasteiger partial charge on any atom is -0.365 e. The van der Waals surface area contributed by atoms with Gasteiger partial charge in [-0.1, -0.05) is 34.6 Å². The number of hydrogen-bond acceptors (Lipinski definition) is 7. The molecule has 2 fully saturated rings. The SMILES string of the molecule is C=CC(=O)N1C[C@H](Nc2ncnc3c2ccn3C(=O)CCCCC2CCSS2)CC[C@@H]1C. The number of fused-ring (bicyclic) bond motifs is 1. The summed E-state index contributed by atoms with van der Waals surface area (Å²) in [7, 11) is 3.96. The summed E-state index contributed by atoms with van der Waals surface area (Å²) in [6, 6.07) is 2.20. The van der Waals surface area contributed by atoms with Crippen molar-refractivity contribution in [2.24, 2.45) is 0 Å². The molecule has 0 radical (unpaired) electrons. The second kappa shape index (κ2) is 10.7. The van der Waals surface area contributed by atoms with Gasteiger partial charge in [-0.3, -0.25) is 14.2 Å². The fourth-order valence-electron chi connectivity index (χ4n) is 4.44. The van der Waals surface area contributed by atoms with Crippen LogP contribution >= 0.6 is 21.6 Å². The van der Waals surface area contributed by atoms with Crippen LogP contribution in [0.1, 0.15) is 56.7 Å². The summed E-state index contributed by atoms with van der Waals surface area (Å²) < 4.78 is 1.65. The molecule has 0 aromatic carbocycles. The van der Waals surface area contributed by atoms with Crippen LogP contribution in [-0.2, 0) is 4.79 Å². The van der Waals surface area contributed by atoms with Crippen LogP contribution in [0.3, 0.4) is 0 Å². The molecular weight excluding hydrogens is 442 g/mol. The lowest BCUT2D eigenvalue weighted by Crippen LogP contribution is -2.49. The van der Waals surface area contributed by atoms with Crippen LogP contribution in [0, 0.1) is 0 Å². The molecule has 3 atom stereocenters. The molecule has 0 saturated carbocycles. The molecule has 4 heterocycles. The molecule has 2 aromatic heterocycles. The molecule has 1 amide bonds. The van der Waals surface area contributed by atoms with Gasteiger partial charge in [-0.25, -0.2) is 9.97 Å². The third-order valence-corrected chi connectivity index (χ3v) is 9.33. The first-order valence-electron chi connectivity index (χ1n) is 11.4. The molecular formula is C23H31N5O2S2. The van der Waals surface area contributed by atoms with Crippen LogP contribution < -0.4 is 5.32 Å². The zero-order valence-corrected chi connectivity index (χ0v) is 20.2. The molecule has 1 N–H and O–H groups in total. The molecule has 2 aromatic rings.